The molecule has 1 aliphatic rings. The number of piperidine rings is 1. The van der Waals surface area contributed by atoms with E-state index in [0.29, 0.717) is 34.8 Å². The summed E-state index contributed by atoms with van der Waals surface area (Å²) in [5, 5.41) is 1.82. The van der Waals surface area contributed by atoms with Gasteiger partial charge in [0.1, 0.15) is 10.4 Å². The number of hydrogen-bond donors (Lipinski definition) is 1. The van der Waals surface area contributed by atoms with Gasteiger partial charge in [-0.1, -0.05) is 12.1 Å². The van der Waals surface area contributed by atoms with Gasteiger partial charge in [0, 0.05) is 19.1 Å². The molecule has 4 rings (SSSR count). The van der Waals surface area contributed by atoms with Crippen molar-refractivity contribution >= 4 is 27.5 Å². The van der Waals surface area contributed by atoms with Crippen molar-refractivity contribution in [1.82, 2.24) is 9.55 Å². The molecule has 1 fully saturated rings. The van der Waals surface area contributed by atoms with E-state index in [1.807, 2.05) is 16.3 Å². The second-order valence-electron chi connectivity index (χ2n) is 6.95. The minimum absolute atomic E-state index is 0.137. The van der Waals surface area contributed by atoms with Crippen LogP contribution in [-0.2, 0) is 6.54 Å². The second kappa shape index (κ2) is 7.68. The van der Waals surface area contributed by atoms with Gasteiger partial charge in [-0.25, -0.2) is 4.98 Å². The quantitative estimate of drug-likeness (QED) is 0.696. The first-order valence-corrected chi connectivity index (χ1v) is 10.0. The highest BCUT2D eigenvalue weighted by Crippen LogP contribution is 2.25. The SMILES string of the molecule is NC1CCN(c2nc3ccsc3c(=O)n2Cc2ccc(OC(F)(F)F)cc2)CC1. The van der Waals surface area contributed by atoms with Crippen molar-refractivity contribution in [1.29, 1.82) is 0 Å². The fraction of sp³-hybridized carbons (Fsp3) is 0.368. The lowest BCUT2D eigenvalue weighted by Gasteiger charge is -2.32. The Morgan fingerprint density at radius 1 is 1.17 bits per heavy atom. The standard InChI is InChI=1S/C19H19F3N4O2S/c20-19(21,22)28-14-3-1-12(2-4-14)11-26-17(27)16-15(7-10-29-16)24-18(26)25-8-5-13(23)6-9-25/h1-4,7,10,13H,5-6,8-9,11,23H2. The number of fused-ring (bicyclic) bond motifs is 1. The molecule has 0 saturated carbocycles. The van der Waals surface area contributed by atoms with Gasteiger partial charge in [-0.05, 0) is 42.0 Å². The molecule has 29 heavy (non-hydrogen) atoms. The van der Waals surface area contributed by atoms with Crippen LogP contribution in [0.1, 0.15) is 18.4 Å². The van der Waals surface area contributed by atoms with Crippen molar-refractivity contribution in [2.24, 2.45) is 5.73 Å². The molecule has 0 bridgehead atoms. The third kappa shape index (κ3) is 4.38. The molecule has 0 aliphatic carbocycles. The van der Waals surface area contributed by atoms with Crippen LogP contribution < -0.4 is 20.9 Å². The minimum atomic E-state index is -4.74. The van der Waals surface area contributed by atoms with Gasteiger partial charge in [0.15, 0.2) is 0 Å². The Labute approximate surface area is 168 Å². The molecule has 6 nitrogen and oxygen atoms in total. The molecule has 10 heteroatoms. The summed E-state index contributed by atoms with van der Waals surface area (Å²) in [6.07, 6.45) is -3.13. The molecule has 0 spiro atoms. The van der Waals surface area contributed by atoms with Gasteiger partial charge in [-0.2, -0.15) is 0 Å². The summed E-state index contributed by atoms with van der Waals surface area (Å²) in [6.45, 7) is 1.59. The Kier molecular flexibility index (Phi) is 5.22. The van der Waals surface area contributed by atoms with Crippen molar-refractivity contribution in [3.63, 3.8) is 0 Å². The average molecular weight is 424 g/mol. The number of anilines is 1. The monoisotopic (exact) mass is 424 g/mol. The number of rotatable bonds is 4. The molecule has 1 aliphatic heterocycles. The fourth-order valence-corrected chi connectivity index (χ4v) is 4.17. The fourth-order valence-electron chi connectivity index (χ4n) is 3.39. The average Bonchev–Trinajstić information content (AvgIpc) is 3.14. The predicted molar refractivity (Wildman–Crippen MR) is 106 cm³/mol. The number of hydrogen-bond acceptors (Lipinski definition) is 6. The summed E-state index contributed by atoms with van der Waals surface area (Å²) in [7, 11) is 0. The summed E-state index contributed by atoms with van der Waals surface area (Å²) >= 11 is 1.32. The summed E-state index contributed by atoms with van der Waals surface area (Å²) in [5.74, 6) is 0.258. The molecule has 0 radical (unpaired) electrons. The van der Waals surface area contributed by atoms with Gasteiger partial charge in [0.2, 0.25) is 5.95 Å². The van der Waals surface area contributed by atoms with Gasteiger partial charge >= 0.3 is 6.36 Å². The van der Waals surface area contributed by atoms with E-state index in [1.165, 1.54) is 35.6 Å². The van der Waals surface area contributed by atoms with Crippen molar-refractivity contribution in [2.45, 2.75) is 31.8 Å². The van der Waals surface area contributed by atoms with E-state index in [-0.39, 0.29) is 23.9 Å². The lowest BCUT2D eigenvalue weighted by Crippen LogP contribution is -2.42. The van der Waals surface area contributed by atoms with Crippen LogP contribution in [0.25, 0.3) is 10.2 Å². The van der Waals surface area contributed by atoms with Crippen LogP contribution in [0.5, 0.6) is 5.75 Å². The van der Waals surface area contributed by atoms with Crippen LogP contribution in [0.2, 0.25) is 0 Å². The normalized spacial score (nSPS) is 15.8. The first-order chi connectivity index (χ1) is 13.8. The molecule has 2 N–H and O–H groups in total. The second-order valence-corrected chi connectivity index (χ2v) is 7.87. The lowest BCUT2D eigenvalue weighted by molar-refractivity contribution is -0.274. The number of halogens is 3. The number of thiophene rings is 1. The Bertz CT molecular complexity index is 1050. The molecular weight excluding hydrogens is 405 g/mol. The molecule has 154 valence electrons. The number of nitrogens with two attached hydrogens (primary N) is 1. The van der Waals surface area contributed by atoms with Crippen LogP contribution in [0, 0.1) is 0 Å². The van der Waals surface area contributed by atoms with Gasteiger partial charge in [0.25, 0.3) is 5.56 Å². The molecule has 3 aromatic rings. The summed E-state index contributed by atoms with van der Waals surface area (Å²) in [6, 6.07) is 7.46. The number of benzene rings is 1. The maximum absolute atomic E-state index is 13.1. The highest BCUT2D eigenvalue weighted by Gasteiger charge is 2.31. The topological polar surface area (TPSA) is 73.4 Å². The molecule has 1 aromatic carbocycles. The largest absolute Gasteiger partial charge is 0.573 e. The van der Waals surface area contributed by atoms with Crippen LogP contribution in [-0.4, -0.2) is 35.0 Å². The van der Waals surface area contributed by atoms with E-state index in [2.05, 4.69) is 4.74 Å². The maximum atomic E-state index is 13.1. The molecular formula is C19H19F3N4O2S. The molecule has 3 heterocycles. The lowest BCUT2D eigenvalue weighted by atomic mass is 10.1. The van der Waals surface area contributed by atoms with Gasteiger partial charge < -0.3 is 15.4 Å². The number of aromatic nitrogens is 2. The maximum Gasteiger partial charge on any atom is 0.573 e. The summed E-state index contributed by atoms with van der Waals surface area (Å²) in [4.78, 5) is 19.8. The zero-order valence-corrected chi connectivity index (χ0v) is 16.2. The van der Waals surface area contributed by atoms with Crippen LogP contribution in [0.3, 0.4) is 0 Å². The van der Waals surface area contributed by atoms with E-state index in [0.717, 1.165) is 12.8 Å². The van der Waals surface area contributed by atoms with E-state index >= 15 is 0 Å². The van der Waals surface area contributed by atoms with E-state index in [4.69, 9.17) is 10.7 Å². The van der Waals surface area contributed by atoms with E-state index in [1.54, 1.807) is 4.57 Å². The Morgan fingerprint density at radius 2 is 1.86 bits per heavy atom. The van der Waals surface area contributed by atoms with Crippen molar-refractivity contribution in [2.75, 3.05) is 18.0 Å². The molecule has 0 amide bonds. The van der Waals surface area contributed by atoms with Gasteiger partial charge in [-0.15, -0.1) is 24.5 Å². The van der Waals surface area contributed by atoms with E-state index in [9.17, 15) is 18.0 Å². The highest BCUT2D eigenvalue weighted by atomic mass is 32.1. The third-order valence-electron chi connectivity index (χ3n) is 4.87. The van der Waals surface area contributed by atoms with E-state index < -0.39 is 6.36 Å². The van der Waals surface area contributed by atoms with Gasteiger partial charge in [0.05, 0.1) is 12.1 Å². The first-order valence-electron chi connectivity index (χ1n) is 9.13. The van der Waals surface area contributed by atoms with Crippen LogP contribution >= 0.6 is 11.3 Å². The zero-order chi connectivity index (χ0) is 20.6. The Hall–Kier alpha value is -2.59. The number of alkyl halides is 3. The molecule has 0 unspecified atom stereocenters. The van der Waals surface area contributed by atoms with Crippen molar-refractivity contribution in [3.8, 4) is 5.75 Å². The molecule has 0 atom stereocenters. The van der Waals surface area contributed by atoms with Crippen LogP contribution in [0.4, 0.5) is 19.1 Å². The smallest absolute Gasteiger partial charge is 0.406 e. The summed E-state index contributed by atoms with van der Waals surface area (Å²) in [5.41, 5.74) is 7.15. The van der Waals surface area contributed by atoms with Crippen LogP contribution in [0.15, 0.2) is 40.5 Å². The molecule has 2 aromatic heterocycles. The Balaban J connectivity index is 1.68. The summed E-state index contributed by atoms with van der Waals surface area (Å²) < 4.78 is 43.1. The first kappa shape index (κ1) is 19.7. The predicted octanol–water partition coefficient (Wildman–Crippen LogP) is 3.33. The number of ether oxygens (including phenoxy) is 1. The number of nitrogens with zero attached hydrogens (tertiary/aromatic N) is 3. The van der Waals surface area contributed by atoms with Crippen molar-refractivity contribution in [3.05, 3.63) is 51.6 Å². The zero-order valence-electron chi connectivity index (χ0n) is 15.4. The highest BCUT2D eigenvalue weighted by molar-refractivity contribution is 7.17. The van der Waals surface area contributed by atoms with Crippen molar-refractivity contribution < 1.29 is 17.9 Å². The Morgan fingerprint density at radius 3 is 2.52 bits per heavy atom. The minimum Gasteiger partial charge on any atom is -0.406 e. The third-order valence-corrected chi connectivity index (χ3v) is 5.76. The molecule has 1 saturated heterocycles. The van der Waals surface area contributed by atoms with Gasteiger partial charge in [-0.3, -0.25) is 9.36 Å².